The minimum absolute atomic E-state index is 0.522. The lowest BCUT2D eigenvalue weighted by Crippen LogP contribution is -2.22. The fourth-order valence-corrected chi connectivity index (χ4v) is 11.1. The van der Waals surface area contributed by atoms with E-state index in [2.05, 4.69) is 34.6 Å². The summed E-state index contributed by atoms with van der Waals surface area (Å²) >= 11 is 0. The van der Waals surface area contributed by atoms with E-state index < -0.39 is 0 Å². The van der Waals surface area contributed by atoms with Gasteiger partial charge in [-0.25, -0.2) is 0 Å². The van der Waals surface area contributed by atoms with Crippen LogP contribution in [-0.4, -0.2) is 0 Å². The summed E-state index contributed by atoms with van der Waals surface area (Å²) in [5, 5.41) is 0. The van der Waals surface area contributed by atoms with E-state index in [0.29, 0.717) is 10.8 Å². The molecule has 0 aromatic heterocycles. The normalized spacial score (nSPS) is 82.6. The molecule has 8 aliphatic rings. The van der Waals surface area contributed by atoms with Crippen LogP contribution >= 0.6 is 0 Å². The standard InChI is InChI=1S/C23H32/c1-14-6-17(14)8-19(17)10-21(19)12-23(21)13-22(23)11-20(22)9-18(20)7-16(18,5)15(2,3)4/h14H,6-13H2,1-5H3. The number of fused-ring (bicyclic) bond motifs is 6. The van der Waals surface area contributed by atoms with Crippen LogP contribution in [0.25, 0.3) is 0 Å². The van der Waals surface area contributed by atoms with Crippen molar-refractivity contribution < 1.29 is 0 Å². The predicted octanol–water partition coefficient (Wildman–Crippen LogP) is 5.81. The first-order valence-corrected chi connectivity index (χ1v) is 10.6. The van der Waals surface area contributed by atoms with Crippen molar-refractivity contribution in [1.29, 1.82) is 0 Å². The molecule has 0 radical (unpaired) electrons. The third-order valence-corrected chi connectivity index (χ3v) is 13.1. The zero-order valence-electron chi connectivity index (χ0n) is 15.7. The van der Waals surface area contributed by atoms with Crippen molar-refractivity contribution in [3.63, 3.8) is 0 Å². The molecule has 0 saturated heterocycles. The second kappa shape index (κ2) is 2.30. The molecule has 0 aliphatic heterocycles. The van der Waals surface area contributed by atoms with Gasteiger partial charge in [0.2, 0.25) is 0 Å². The highest BCUT2D eigenvalue weighted by Gasteiger charge is 3.14. The molecule has 7 spiro atoms. The van der Waals surface area contributed by atoms with Crippen LogP contribution in [0.1, 0.15) is 86.0 Å². The minimum Gasteiger partial charge on any atom is -0.0619 e. The van der Waals surface area contributed by atoms with Crippen LogP contribution in [0.15, 0.2) is 0 Å². The molecular formula is C23H32. The monoisotopic (exact) mass is 308 g/mol. The molecule has 23 heavy (non-hydrogen) atoms. The zero-order chi connectivity index (χ0) is 15.7. The average molecular weight is 309 g/mol. The van der Waals surface area contributed by atoms with E-state index in [1.165, 1.54) is 0 Å². The molecule has 0 heteroatoms. The van der Waals surface area contributed by atoms with Gasteiger partial charge in [-0.15, -0.1) is 0 Å². The van der Waals surface area contributed by atoms with Crippen LogP contribution < -0.4 is 0 Å². The highest BCUT2D eigenvalue weighted by molar-refractivity contribution is 5.62. The molecule has 124 valence electrons. The molecular weight excluding hydrogens is 276 g/mol. The maximum absolute atomic E-state index is 2.64. The maximum Gasteiger partial charge on any atom is -0.0161 e. The first kappa shape index (κ1) is 12.4. The molecule has 0 aromatic rings. The summed E-state index contributed by atoms with van der Waals surface area (Å²) in [6.45, 7) is 12.7. The van der Waals surface area contributed by atoms with E-state index in [1.54, 1.807) is 51.4 Å². The topological polar surface area (TPSA) is 0 Å². The van der Waals surface area contributed by atoms with Gasteiger partial charge in [0, 0.05) is 0 Å². The molecule has 0 aromatic carbocycles. The summed E-state index contributed by atoms with van der Waals surface area (Å²) in [5.41, 5.74) is 7.52. The van der Waals surface area contributed by atoms with Gasteiger partial charge >= 0.3 is 0 Å². The van der Waals surface area contributed by atoms with Crippen molar-refractivity contribution in [2.75, 3.05) is 0 Å². The van der Waals surface area contributed by atoms with Crippen LogP contribution in [-0.2, 0) is 0 Å². The molecule has 8 aliphatic carbocycles. The molecule has 9 atom stereocenters. The van der Waals surface area contributed by atoms with Gasteiger partial charge in [0.15, 0.2) is 0 Å². The zero-order valence-corrected chi connectivity index (χ0v) is 15.7. The molecule has 8 saturated carbocycles. The molecule has 8 fully saturated rings. The second-order valence-electron chi connectivity index (χ2n) is 13.6. The fraction of sp³-hybridized carbons (Fsp3) is 1.00. The maximum atomic E-state index is 2.64. The number of rotatable bonds is 0. The Labute approximate surface area is 141 Å². The number of hydrogen-bond acceptors (Lipinski definition) is 0. The lowest BCUT2D eigenvalue weighted by Gasteiger charge is -2.29. The smallest absolute Gasteiger partial charge is 0.0161 e. The van der Waals surface area contributed by atoms with E-state index in [4.69, 9.17) is 0 Å². The quantitative estimate of drug-likeness (QED) is 0.530. The van der Waals surface area contributed by atoms with Crippen molar-refractivity contribution in [1.82, 2.24) is 0 Å². The Balaban J connectivity index is 1.12. The third kappa shape index (κ3) is 0.741. The Morgan fingerprint density at radius 3 is 1.52 bits per heavy atom. The molecule has 0 N–H and O–H groups in total. The first-order chi connectivity index (χ1) is 10.6. The van der Waals surface area contributed by atoms with Crippen LogP contribution in [0.4, 0.5) is 0 Å². The molecule has 8 rings (SSSR count). The van der Waals surface area contributed by atoms with Gasteiger partial charge in [-0.2, -0.15) is 0 Å². The Morgan fingerprint density at radius 1 is 0.652 bits per heavy atom. The van der Waals surface area contributed by atoms with Crippen molar-refractivity contribution >= 4 is 0 Å². The van der Waals surface area contributed by atoms with E-state index in [0.717, 1.165) is 43.8 Å². The van der Waals surface area contributed by atoms with Gasteiger partial charge in [-0.3, -0.25) is 0 Å². The second-order valence-corrected chi connectivity index (χ2v) is 13.6. The van der Waals surface area contributed by atoms with Crippen molar-refractivity contribution in [3.8, 4) is 0 Å². The summed E-state index contributed by atoms with van der Waals surface area (Å²) < 4.78 is 0. The summed E-state index contributed by atoms with van der Waals surface area (Å²) in [6, 6.07) is 0. The van der Waals surface area contributed by atoms with E-state index in [9.17, 15) is 0 Å². The lowest BCUT2D eigenvalue weighted by atomic mass is 9.76. The van der Waals surface area contributed by atoms with E-state index >= 15 is 0 Å². The molecule has 0 heterocycles. The van der Waals surface area contributed by atoms with E-state index in [1.807, 2.05) is 0 Å². The predicted molar refractivity (Wildman–Crippen MR) is 90.7 cm³/mol. The molecule has 0 bridgehead atoms. The van der Waals surface area contributed by atoms with Gasteiger partial charge in [-0.05, 0) is 106 Å². The number of hydrogen-bond donors (Lipinski definition) is 0. The van der Waals surface area contributed by atoms with E-state index in [-0.39, 0.29) is 0 Å². The van der Waals surface area contributed by atoms with Crippen LogP contribution in [0.5, 0.6) is 0 Å². The molecule has 9 unspecified atom stereocenters. The van der Waals surface area contributed by atoms with Crippen LogP contribution in [0, 0.1) is 54.7 Å². The average Bonchev–Trinajstić information content (AvgIpc) is 3.20. The van der Waals surface area contributed by atoms with Crippen LogP contribution in [0.2, 0.25) is 0 Å². The first-order valence-electron chi connectivity index (χ1n) is 10.6. The van der Waals surface area contributed by atoms with Crippen molar-refractivity contribution in [2.45, 2.75) is 86.0 Å². The summed E-state index contributed by atoms with van der Waals surface area (Å²) in [7, 11) is 0. The van der Waals surface area contributed by atoms with Gasteiger partial charge in [0.1, 0.15) is 0 Å². The van der Waals surface area contributed by atoms with Gasteiger partial charge < -0.3 is 0 Å². The fourth-order valence-electron chi connectivity index (χ4n) is 11.1. The van der Waals surface area contributed by atoms with Gasteiger partial charge in [0.05, 0.1) is 0 Å². The highest BCUT2D eigenvalue weighted by atomic mass is 15.2. The Morgan fingerprint density at radius 2 is 1.09 bits per heavy atom. The van der Waals surface area contributed by atoms with Gasteiger partial charge in [-0.1, -0.05) is 34.6 Å². The molecule has 0 nitrogen and oxygen atoms in total. The molecule has 0 amide bonds. The van der Waals surface area contributed by atoms with Crippen molar-refractivity contribution in [3.05, 3.63) is 0 Å². The highest BCUT2D eigenvalue weighted by Crippen LogP contribution is 3.21. The van der Waals surface area contributed by atoms with Crippen molar-refractivity contribution in [2.24, 2.45) is 54.7 Å². The summed E-state index contributed by atoms with van der Waals surface area (Å²) in [4.78, 5) is 0. The Bertz CT molecular complexity index is 773. The van der Waals surface area contributed by atoms with Gasteiger partial charge in [0.25, 0.3) is 0 Å². The third-order valence-electron chi connectivity index (χ3n) is 13.1. The SMILES string of the molecule is CC1CC12CC21CC12CC21CC12CC21CC12CC2(C)C(C)(C)C. The summed E-state index contributed by atoms with van der Waals surface area (Å²) in [5.74, 6) is 1.10. The Kier molecular flexibility index (Phi) is 1.23. The minimum atomic E-state index is 0.522. The lowest BCUT2D eigenvalue weighted by molar-refractivity contribution is 0.198. The summed E-state index contributed by atoms with van der Waals surface area (Å²) in [6.07, 6.45) is 13.2. The van der Waals surface area contributed by atoms with Crippen LogP contribution in [0.3, 0.4) is 0 Å². The largest absolute Gasteiger partial charge is 0.0619 e. The Hall–Kier alpha value is 0.